The zero-order valence-electron chi connectivity index (χ0n) is 9.34. The minimum Gasteiger partial charge on any atom is -0.282 e. The lowest BCUT2D eigenvalue weighted by atomic mass is 9.92. The van der Waals surface area contributed by atoms with Gasteiger partial charge in [0.15, 0.2) is 0 Å². The van der Waals surface area contributed by atoms with E-state index in [2.05, 4.69) is 0 Å². The molecule has 1 N–H and O–H groups in total. The van der Waals surface area contributed by atoms with E-state index >= 15 is 0 Å². The maximum atomic E-state index is 10.9. The Bertz CT molecular complexity index is 477. The summed E-state index contributed by atoms with van der Waals surface area (Å²) in [6.45, 7) is 0. The first kappa shape index (κ1) is 12.9. The van der Waals surface area contributed by atoms with Gasteiger partial charge >= 0.3 is 0 Å². The minimum atomic E-state index is -4.09. The Morgan fingerprint density at radius 3 is 2.29 bits per heavy atom. The van der Waals surface area contributed by atoms with Gasteiger partial charge in [-0.1, -0.05) is 12.1 Å². The molecule has 0 bridgehead atoms. The van der Waals surface area contributed by atoms with Gasteiger partial charge in [-0.3, -0.25) is 4.55 Å². The van der Waals surface area contributed by atoms with Gasteiger partial charge < -0.3 is 0 Å². The predicted molar refractivity (Wildman–Crippen MR) is 67.1 cm³/mol. The van der Waals surface area contributed by atoms with Crippen LogP contribution in [0.2, 0.25) is 0 Å². The average molecular weight is 275 g/mol. The zero-order chi connectivity index (χ0) is 12.5. The molecule has 0 saturated heterocycles. The molecule has 0 spiro atoms. The van der Waals surface area contributed by atoms with Crippen LogP contribution in [0.1, 0.15) is 30.7 Å². The van der Waals surface area contributed by atoms with E-state index in [9.17, 15) is 8.42 Å². The van der Waals surface area contributed by atoms with Crippen molar-refractivity contribution in [3.63, 3.8) is 0 Å². The molecule has 3 nitrogen and oxygen atoms in total. The Morgan fingerprint density at radius 1 is 1.29 bits per heavy atom. The van der Waals surface area contributed by atoms with E-state index in [1.807, 2.05) is 0 Å². The van der Waals surface area contributed by atoms with Crippen LogP contribution in [0, 0.1) is 5.92 Å². The summed E-state index contributed by atoms with van der Waals surface area (Å²) >= 11 is 5.79. The topological polar surface area (TPSA) is 54.4 Å². The Labute approximate surface area is 107 Å². The van der Waals surface area contributed by atoms with Crippen molar-refractivity contribution >= 4 is 21.7 Å². The van der Waals surface area contributed by atoms with Crippen molar-refractivity contribution in [3.8, 4) is 0 Å². The van der Waals surface area contributed by atoms with Crippen molar-refractivity contribution < 1.29 is 13.0 Å². The average Bonchev–Trinajstić information content (AvgIpc) is 3.09. The van der Waals surface area contributed by atoms with Crippen LogP contribution in [0.15, 0.2) is 29.2 Å². The first-order chi connectivity index (χ1) is 8.02. The second-order valence-electron chi connectivity index (χ2n) is 4.47. The molecular formula is C12H15ClO3S. The number of alkyl halides is 1. The molecule has 1 unspecified atom stereocenters. The Morgan fingerprint density at radius 2 is 1.88 bits per heavy atom. The molecule has 1 aliphatic carbocycles. The summed E-state index contributed by atoms with van der Waals surface area (Å²) in [6.07, 6.45) is 3.36. The molecule has 0 radical (unpaired) electrons. The summed E-state index contributed by atoms with van der Waals surface area (Å²) < 4.78 is 30.7. The number of hydrogen-bond donors (Lipinski definition) is 1. The number of hydrogen-bond acceptors (Lipinski definition) is 2. The smallest absolute Gasteiger partial charge is 0.282 e. The van der Waals surface area contributed by atoms with Crippen LogP contribution < -0.4 is 0 Å². The van der Waals surface area contributed by atoms with E-state index in [0.717, 1.165) is 12.0 Å². The van der Waals surface area contributed by atoms with Crippen LogP contribution in [0.3, 0.4) is 0 Å². The van der Waals surface area contributed by atoms with E-state index in [4.69, 9.17) is 16.2 Å². The molecule has 17 heavy (non-hydrogen) atoms. The van der Waals surface area contributed by atoms with Crippen LogP contribution in [0.5, 0.6) is 0 Å². The lowest BCUT2D eigenvalue weighted by molar-refractivity contribution is 0.483. The third-order valence-corrected chi connectivity index (χ3v) is 4.30. The van der Waals surface area contributed by atoms with Crippen molar-refractivity contribution in [3.05, 3.63) is 29.8 Å². The van der Waals surface area contributed by atoms with E-state index in [-0.39, 0.29) is 4.90 Å². The van der Waals surface area contributed by atoms with Crippen LogP contribution in [0.4, 0.5) is 0 Å². The highest BCUT2D eigenvalue weighted by Crippen LogP contribution is 2.44. The zero-order valence-corrected chi connectivity index (χ0v) is 10.9. The molecule has 1 aliphatic rings. The van der Waals surface area contributed by atoms with Gasteiger partial charge in [-0.05, 0) is 48.8 Å². The van der Waals surface area contributed by atoms with Gasteiger partial charge in [0.25, 0.3) is 10.1 Å². The molecule has 2 rings (SSSR count). The molecule has 0 aliphatic heterocycles. The maximum absolute atomic E-state index is 10.9. The fourth-order valence-electron chi connectivity index (χ4n) is 2.18. The third kappa shape index (κ3) is 3.21. The lowest BCUT2D eigenvalue weighted by Gasteiger charge is -2.15. The Hall–Kier alpha value is -0.580. The number of rotatable bonds is 5. The fraction of sp³-hybridized carbons (Fsp3) is 0.500. The van der Waals surface area contributed by atoms with Gasteiger partial charge in [-0.25, -0.2) is 0 Å². The van der Waals surface area contributed by atoms with Gasteiger partial charge in [0.05, 0.1) is 4.90 Å². The quantitative estimate of drug-likeness (QED) is 0.663. The third-order valence-electron chi connectivity index (χ3n) is 3.22. The van der Waals surface area contributed by atoms with Gasteiger partial charge in [0.1, 0.15) is 0 Å². The molecular weight excluding hydrogens is 260 g/mol. The summed E-state index contributed by atoms with van der Waals surface area (Å²) in [5.41, 5.74) is 1.11. The summed E-state index contributed by atoms with van der Waals surface area (Å²) in [7, 11) is -4.09. The Kier molecular flexibility index (Phi) is 3.76. The van der Waals surface area contributed by atoms with E-state index in [0.29, 0.717) is 17.7 Å². The maximum Gasteiger partial charge on any atom is 0.294 e. The highest BCUT2D eigenvalue weighted by atomic mass is 35.5. The Balaban J connectivity index is 2.21. The van der Waals surface area contributed by atoms with Crippen LogP contribution in [-0.2, 0) is 10.1 Å². The highest BCUT2D eigenvalue weighted by Gasteiger charge is 2.31. The van der Waals surface area contributed by atoms with Crippen LogP contribution in [-0.4, -0.2) is 18.9 Å². The van der Waals surface area contributed by atoms with Gasteiger partial charge in [0.2, 0.25) is 0 Å². The normalized spacial score (nSPS) is 18.0. The van der Waals surface area contributed by atoms with E-state index < -0.39 is 10.1 Å². The molecule has 1 aromatic rings. The van der Waals surface area contributed by atoms with Gasteiger partial charge in [0, 0.05) is 5.88 Å². The van der Waals surface area contributed by atoms with Crippen LogP contribution >= 0.6 is 11.6 Å². The first-order valence-corrected chi connectivity index (χ1v) is 7.63. The molecule has 1 fully saturated rings. The van der Waals surface area contributed by atoms with Crippen molar-refractivity contribution in [2.45, 2.75) is 30.1 Å². The van der Waals surface area contributed by atoms with Crippen LogP contribution in [0.25, 0.3) is 0 Å². The summed E-state index contributed by atoms with van der Waals surface area (Å²) in [6, 6.07) is 6.46. The molecule has 1 atom stereocenters. The van der Waals surface area contributed by atoms with E-state index in [1.54, 1.807) is 12.1 Å². The second kappa shape index (κ2) is 4.96. The molecule has 94 valence electrons. The largest absolute Gasteiger partial charge is 0.294 e. The van der Waals surface area contributed by atoms with E-state index in [1.165, 1.54) is 25.0 Å². The molecule has 0 amide bonds. The molecule has 1 saturated carbocycles. The molecule has 5 heteroatoms. The minimum absolute atomic E-state index is 0.0540. The standard InChI is InChI=1S/C12H15ClO3S/c13-8-7-12(9-1-2-9)10-3-5-11(6-4-10)17(14,15)16/h3-6,9,12H,1-2,7-8H2,(H,14,15,16). The number of halogens is 1. The molecule has 0 aromatic heterocycles. The second-order valence-corrected chi connectivity index (χ2v) is 6.27. The summed E-state index contributed by atoms with van der Waals surface area (Å²) in [5, 5.41) is 0. The lowest BCUT2D eigenvalue weighted by Crippen LogP contribution is -2.04. The van der Waals surface area contributed by atoms with Gasteiger partial charge in [-0.15, -0.1) is 11.6 Å². The fourth-order valence-corrected chi connectivity index (χ4v) is 2.89. The summed E-state index contributed by atoms with van der Waals surface area (Å²) in [5.74, 6) is 1.72. The predicted octanol–water partition coefficient (Wildman–Crippen LogP) is 3.06. The molecule has 1 aromatic carbocycles. The molecule has 0 heterocycles. The van der Waals surface area contributed by atoms with Gasteiger partial charge in [-0.2, -0.15) is 8.42 Å². The van der Waals surface area contributed by atoms with Crippen molar-refractivity contribution in [1.29, 1.82) is 0 Å². The summed E-state index contributed by atoms with van der Waals surface area (Å²) in [4.78, 5) is -0.0540. The SMILES string of the molecule is O=S(=O)(O)c1ccc(C(CCCl)C2CC2)cc1. The van der Waals surface area contributed by atoms with Crippen molar-refractivity contribution in [2.75, 3.05) is 5.88 Å². The number of benzene rings is 1. The van der Waals surface area contributed by atoms with Crippen molar-refractivity contribution in [2.24, 2.45) is 5.92 Å². The first-order valence-electron chi connectivity index (χ1n) is 5.66. The van der Waals surface area contributed by atoms with Crippen molar-refractivity contribution in [1.82, 2.24) is 0 Å². The monoisotopic (exact) mass is 274 g/mol. The highest BCUT2D eigenvalue weighted by molar-refractivity contribution is 7.85.